The highest BCUT2D eigenvalue weighted by Gasteiger charge is 2.22. The van der Waals surface area contributed by atoms with Gasteiger partial charge < -0.3 is 9.73 Å². The Hall–Kier alpha value is -1.68. The van der Waals surface area contributed by atoms with E-state index in [2.05, 4.69) is 5.32 Å². The number of rotatable bonds is 4. The van der Waals surface area contributed by atoms with Crippen LogP contribution in [0, 0.1) is 32.4 Å². The van der Waals surface area contributed by atoms with Gasteiger partial charge in [-0.05, 0) is 51.9 Å². The second-order valence-electron chi connectivity index (χ2n) is 5.00. The number of hydrogen-bond donors (Lipinski definition) is 1. The highest BCUT2D eigenvalue weighted by atomic mass is 19.1. The van der Waals surface area contributed by atoms with Crippen molar-refractivity contribution in [2.24, 2.45) is 0 Å². The first-order chi connectivity index (χ1) is 9.45. The summed E-state index contributed by atoms with van der Waals surface area (Å²) in [6, 6.07) is 3.76. The quantitative estimate of drug-likeness (QED) is 0.915. The lowest BCUT2D eigenvalue weighted by atomic mass is 9.95. The van der Waals surface area contributed by atoms with E-state index in [4.69, 9.17) is 4.42 Å². The molecule has 1 unspecified atom stereocenters. The first-order valence-electron chi connectivity index (χ1n) is 6.62. The van der Waals surface area contributed by atoms with Crippen LogP contribution in [0.4, 0.5) is 8.78 Å². The summed E-state index contributed by atoms with van der Waals surface area (Å²) >= 11 is 0. The van der Waals surface area contributed by atoms with Gasteiger partial charge in [-0.25, -0.2) is 8.78 Å². The van der Waals surface area contributed by atoms with Crippen molar-refractivity contribution < 1.29 is 13.2 Å². The second-order valence-corrected chi connectivity index (χ2v) is 5.00. The maximum Gasteiger partial charge on any atom is 0.129 e. The molecule has 0 radical (unpaired) electrons. The van der Waals surface area contributed by atoms with Crippen molar-refractivity contribution in [3.8, 4) is 0 Å². The average Bonchev–Trinajstić information content (AvgIpc) is 2.64. The van der Waals surface area contributed by atoms with Crippen molar-refractivity contribution in [3.63, 3.8) is 0 Å². The summed E-state index contributed by atoms with van der Waals surface area (Å²) in [7, 11) is 1.78. The molecule has 4 heteroatoms. The largest absolute Gasteiger partial charge is 0.466 e. The van der Waals surface area contributed by atoms with E-state index in [0.29, 0.717) is 0 Å². The van der Waals surface area contributed by atoms with Crippen molar-refractivity contribution in [1.82, 2.24) is 5.32 Å². The van der Waals surface area contributed by atoms with Crippen LogP contribution in [-0.2, 0) is 6.42 Å². The number of halogens is 2. The van der Waals surface area contributed by atoms with Crippen LogP contribution >= 0.6 is 0 Å². The number of hydrogen-bond acceptors (Lipinski definition) is 2. The SMILES string of the molecule is CNC(Cc1c(F)cccc1F)c1c(C)oc(C)c1C. The van der Waals surface area contributed by atoms with E-state index < -0.39 is 11.6 Å². The molecule has 0 bridgehead atoms. The first-order valence-corrected chi connectivity index (χ1v) is 6.62. The molecule has 1 aromatic heterocycles. The van der Waals surface area contributed by atoms with Gasteiger partial charge >= 0.3 is 0 Å². The molecule has 0 saturated heterocycles. The van der Waals surface area contributed by atoms with E-state index in [9.17, 15) is 8.78 Å². The molecule has 2 rings (SSSR count). The third-order valence-corrected chi connectivity index (χ3v) is 3.78. The summed E-state index contributed by atoms with van der Waals surface area (Å²) in [5, 5.41) is 3.12. The highest BCUT2D eigenvalue weighted by Crippen LogP contribution is 2.30. The van der Waals surface area contributed by atoms with Crippen molar-refractivity contribution >= 4 is 0 Å². The van der Waals surface area contributed by atoms with Crippen LogP contribution in [0.1, 0.15) is 34.3 Å². The molecule has 0 aliphatic carbocycles. The molecule has 1 heterocycles. The van der Waals surface area contributed by atoms with Gasteiger partial charge in [0.25, 0.3) is 0 Å². The van der Waals surface area contributed by atoms with Crippen LogP contribution in [0.15, 0.2) is 22.6 Å². The van der Waals surface area contributed by atoms with Crippen LogP contribution in [0.2, 0.25) is 0 Å². The fourth-order valence-electron chi connectivity index (χ4n) is 2.60. The van der Waals surface area contributed by atoms with Gasteiger partial charge in [0.05, 0.1) is 0 Å². The Morgan fingerprint density at radius 3 is 2.15 bits per heavy atom. The lowest BCUT2D eigenvalue weighted by Crippen LogP contribution is -2.21. The molecule has 20 heavy (non-hydrogen) atoms. The Labute approximate surface area is 117 Å². The normalized spacial score (nSPS) is 12.7. The summed E-state index contributed by atoms with van der Waals surface area (Å²) < 4.78 is 33.2. The van der Waals surface area contributed by atoms with Gasteiger partial charge in [0.15, 0.2) is 0 Å². The first kappa shape index (κ1) is 14.7. The fourth-order valence-corrected chi connectivity index (χ4v) is 2.60. The second kappa shape index (κ2) is 5.75. The van der Waals surface area contributed by atoms with Crippen molar-refractivity contribution in [1.29, 1.82) is 0 Å². The summed E-state index contributed by atoms with van der Waals surface area (Å²) in [5.74, 6) is 0.601. The van der Waals surface area contributed by atoms with Crippen LogP contribution < -0.4 is 5.32 Å². The fraction of sp³-hybridized carbons (Fsp3) is 0.375. The lowest BCUT2D eigenvalue weighted by Gasteiger charge is -2.18. The topological polar surface area (TPSA) is 25.2 Å². The minimum Gasteiger partial charge on any atom is -0.466 e. The predicted octanol–water partition coefficient (Wildman–Crippen LogP) is 3.99. The zero-order valence-electron chi connectivity index (χ0n) is 12.2. The average molecular weight is 279 g/mol. The Balaban J connectivity index is 2.39. The van der Waals surface area contributed by atoms with Gasteiger partial charge in [-0.3, -0.25) is 0 Å². The maximum absolute atomic E-state index is 13.8. The Morgan fingerprint density at radius 1 is 1.10 bits per heavy atom. The minimum atomic E-state index is -0.513. The lowest BCUT2D eigenvalue weighted by molar-refractivity contribution is 0.482. The molecule has 0 saturated carbocycles. The van der Waals surface area contributed by atoms with E-state index >= 15 is 0 Å². The molecular weight excluding hydrogens is 260 g/mol. The van der Waals surface area contributed by atoms with Crippen molar-refractivity contribution in [2.45, 2.75) is 33.2 Å². The standard InChI is InChI=1S/C16H19F2NO/c1-9-10(2)20-11(3)16(9)15(19-4)8-12-13(17)6-5-7-14(12)18/h5-7,15,19H,8H2,1-4H3. The van der Waals surface area contributed by atoms with Crippen LogP contribution in [0.25, 0.3) is 0 Å². The van der Waals surface area contributed by atoms with Crippen LogP contribution in [0.5, 0.6) is 0 Å². The van der Waals surface area contributed by atoms with Crippen LogP contribution in [-0.4, -0.2) is 7.05 Å². The molecule has 1 N–H and O–H groups in total. The molecule has 2 nitrogen and oxygen atoms in total. The van der Waals surface area contributed by atoms with Gasteiger partial charge in [0, 0.05) is 17.2 Å². The van der Waals surface area contributed by atoms with Crippen LogP contribution in [0.3, 0.4) is 0 Å². The zero-order chi connectivity index (χ0) is 14.9. The predicted molar refractivity (Wildman–Crippen MR) is 74.8 cm³/mol. The molecule has 0 aliphatic heterocycles. The maximum atomic E-state index is 13.8. The molecule has 0 fully saturated rings. The molecular formula is C16H19F2NO. The molecule has 0 aliphatic rings. The number of furan rings is 1. The monoisotopic (exact) mass is 279 g/mol. The Kier molecular flexibility index (Phi) is 4.23. The summed E-state index contributed by atoms with van der Waals surface area (Å²) in [5.41, 5.74) is 2.11. The number of aryl methyl sites for hydroxylation is 2. The molecule has 0 spiro atoms. The number of nitrogens with one attached hydrogen (secondary N) is 1. The summed E-state index contributed by atoms with van der Waals surface area (Å²) in [4.78, 5) is 0. The smallest absolute Gasteiger partial charge is 0.129 e. The molecule has 0 amide bonds. The zero-order valence-corrected chi connectivity index (χ0v) is 12.2. The van der Waals surface area contributed by atoms with E-state index in [1.165, 1.54) is 18.2 Å². The summed E-state index contributed by atoms with van der Waals surface area (Å²) in [6.45, 7) is 5.73. The summed E-state index contributed by atoms with van der Waals surface area (Å²) in [6.07, 6.45) is 0.246. The van der Waals surface area contributed by atoms with Gasteiger partial charge in [-0.15, -0.1) is 0 Å². The highest BCUT2D eigenvalue weighted by molar-refractivity contribution is 5.36. The van der Waals surface area contributed by atoms with E-state index in [-0.39, 0.29) is 18.0 Å². The molecule has 1 aromatic carbocycles. The van der Waals surface area contributed by atoms with Gasteiger partial charge in [-0.1, -0.05) is 6.07 Å². The van der Waals surface area contributed by atoms with E-state index in [1.807, 2.05) is 20.8 Å². The van der Waals surface area contributed by atoms with E-state index in [1.54, 1.807) is 7.05 Å². The molecule has 1 atom stereocenters. The van der Waals surface area contributed by atoms with Crippen molar-refractivity contribution in [3.05, 3.63) is 58.0 Å². The number of benzene rings is 1. The third-order valence-electron chi connectivity index (χ3n) is 3.78. The van der Waals surface area contributed by atoms with Gasteiger partial charge in [0.2, 0.25) is 0 Å². The Morgan fingerprint density at radius 2 is 1.70 bits per heavy atom. The van der Waals surface area contributed by atoms with Gasteiger partial charge in [-0.2, -0.15) is 0 Å². The van der Waals surface area contributed by atoms with E-state index in [0.717, 1.165) is 22.6 Å². The molecule has 108 valence electrons. The number of likely N-dealkylation sites (N-methyl/N-ethyl adjacent to an activating group) is 1. The van der Waals surface area contributed by atoms with Crippen molar-refractivity contribution in [2.75, 3.05) is 7.05 Å². The Bertz CT molecular complexity index is 599. The van der Waals surface area contributed by atoms with Gasteiger partial charge in [0.1, 0.15) is 23.2 Å². The third kappa shape index (κ3) is 2.61. The minimum absolute atomic E-state index is 0.101. The molecule has 2 aromatic rings.